The third-order valence-electron chi connectivity index (χ3n) is 3.12. The summed E-state index contributed by atoms with van der Waals surface area (Å²) in [5.74, 6) is 0. The van der Waals surface area contributed by atoms with E-state index < -0.39 is 0 Å². The van der Waals surface area contributed by atoms with Crippen molar-refractivity contribution >= 4 is 6.47 Å². The lowest BCUT2D eigenvalue weighted by Crippen LogP contribution is -2.27. The smallest absolute Gasteiger partial charge is 0.293 e. The Morgan fingerprint density at radius 2 is 2.31 bits per heavy atom. The van der Waals surface area contributed by atoms with E-state index in [-0.39, 0.29) is 18.5 Å². The number of rotatable bonds is 4. The van der Waals surface area contributed by atoms with Gasteiger partial charge in [-0.3, -0.25) is 4.79 Å². The predicted octanol–water partition coefficient (Wildman–Crippen LogP) is 1.79. The minimum Gasteiger partial charge on any atom is -0.460 e. The molecular weight excluding hydrogens is 208 g/mol. The van der Waals surface area contributed by atoms with Gasteiger partial charge in [0.1, 0.15) is 6.10 Å². The van der Waals surface area contributed by atoms with Crippen molar-refractivity contribution in [3.05, 3.63) is 12.2 Å². The van der Waals surface area contributed by atoms with Crippen molar-refractivity contribution in [2.75, 3.05) is 6.61 Å². The molecule has 3 atom stereocenters. The normalized spacial score (nSPS) is 35.0. The van der Waals surface area contributed by atoms with Gasteiger partial charge in [-0.05, 0) is 31.3 Å². The van der Waals surface area contributed by atoms with Crippen molar-refractivity contribution < 1.29 is 19.0 Å². The van der Waals surface area contributed by atoms with Gasteiger partial charge in [0.05, 0.1) is 6.10 Å². The molecule has 1 saturated carbocycles. The highest BCUT2D eigenvalue weighted by Crippen LogP contribution is 2.30. The fraction of sp³-hybridized carbons (Fsp3) is 0.750. The second-order valence-electron chi connectivity index (χ2n) is 4.37. The van der Waals surface area contributed by atoms with Crippen molar-refractivity contribution in [3.8, 4) is 0 Å². The Hall–Kier alpha value is -0.870. The van der Waals surface area contributed by atoms with Gasteiger partial charge < -0.3 is 14.2 Å². The maximum absolute atomic E-state index is 10.3. The van der Waals surface area contributed by atoms with E-state index in [9.17, 15) is 4.79 Å². The van der Waals surface area contributed by atoms with Crippen molar-refractivity contribution in [2.24, 2.45) is 0 Å². The molecule has 0 spiro atoms. The van der Waals surface area contributed by atoms with Crippen LogP contribution in [0.3, 0.4) is 0 Å². The predicted molar refractivity (Wildman–Crippen MR) is 57.8 cm³/mol. The van der Waals surface area contributed by atoms with Crippen LogP contribution in [-0.4, -0.2) is 31.6 Å². The van der Waals surface area contributed by atoms with E-state index in [0.717, 1.165) is 37.9 Å². The van der Waals surface area contributed by atoms with Gasteiger partial charge in [0, 0.05) is 13.0 Å². The minimum absolute atomic E-state index is 0.0819. The molecule has 0 aromatic rings. The SMILES string of the molecule is C=C1C[C@@H](OC2CCCCO2)C[C@H]1OC=O. The van der Waals surface area contributed by atoms with Crippen molar-refractivity contribution in [2.45, 2.75) is 50.6 Å². The van der Waals surface area contributed by atoms with E-state index in [0.29, 0.717) is 12.9 Å². The van der Waals surface area contributed by atoms with E-state index in [2.05, 4.69) is 6.58 Å². The number of carbonyl (C=O) groups excluding carboxylic acids is 1. The Kier molecular flexibility index (Phi) is 3.96. The number of hydrogen-bond acceptors (Lipinski definition) is 4. The van der Waals surface area contributed by atoms with E-state index in [1.54, 1.807) is 0 Å². The third kappa shape index (κ3) is 2.83. The second-order valence-corrected chi connectivity index (χ2v) is 4.37. The lowest BCUT2D eigenvalue weighted by Gasteiger charge is -2.25. The molecule has 4 nitrogen and oxygen atoms in total. The molecule has 16 heavy (non-hydrogen) atoms. The van der Waals surface area contributed by atoms with E-state index in [1.165, 1.54) is 0 Å². The fourth-order valence-electron chi connectivity index (χ4n) is 2.27. The van der Waals surface area contributed by atoms with Crippen LogP contribution >= 0.6 is 0 Å². The first kappa shape index (κ1) is 11.6. The molecule has 0 bridgehead atoms. The molecule has 4 heteroatoms. The maximum atomic E-state index is 10.3. The van der Waals surface area contributed by atoms with Crippen LogP contribution in [0.2, 0.25) is 0 Å². The molecule has 0 radical (unpaired) electrons. The highest BCUT2D eigenvalue weighted by atomic mass is 16.7. The minimum atomic E-state index is -0.175. The van der Waals surface area contributed by atoms with Gasteiger partial charge in [-0.1, -0.05) is 6.58 Å². The molecule has 0 aromatic heterocycles. The molecule has 0 amide bonds. The number of ether oxygens (including phenoxy) is 3. The Morgan fingerprint density at radius 1 is 1.44 bits per heavy atom. The number of carbonyl (C=O) groups is 1. The fourth-order valence-corrected chi connectivity index (χ4v) is 2.27. The van der Waals surface area contributed by atoms with Crippen molar-refractivity contribution in [1.29, 1.82) is 0 Å². The highest BCUT2D eigenvalue weighted by molar-refractivity contribution is 5.39. The lowest BCUT2D eigenvalue weighted by molar-refractivity contribution is -0.187. The average Bonchev–Trinajstić information content (AvgIpc) is 2.61. The first-order chi connectivity index (χ1) is 7.79. The van der Waals surface area contributed by atoms with Gasteiger partial charge >= 0.3 is 0 Å². The first-order valence-corrected chi connectivity index (χ1v) is 5.83. The molecule has 1 saturated heterocycles. The Morgan fingerprint density at radius 3 is 3.00 bits per heavy atom. The Labute approximate surface area is 95.6 Å². The van der Waals surface area contributed by atoms with Crippen molar-refractivity contribution in [1.82, 2.24) is 0 Å². The summed E-state index contributed by atoms with van der Waals surface area (Å²) in [5, 5.41) is 0. The molecule has 2 aliphatic rings. The van der Waals surface area contributed by atoms with E-state index in [4.69, 9.17) is 14.2 Å². The molecular formula is C12H18O4. The lowest BCUT2D eigenvalue weighted by atomic mass is 10.2. The summed E-state index contributed by atoms with van der Waals surface area (Å²) in [4.78, 5) is 10.3. The van der Waals surface area contributed by atoms with Gasteiger partial charge in [0.25, 0.3) is 6.47 Å². The standard InChI is InChI=1S/C12H18O4/c1-9-6-10(7-11(9)15-8-13)16-12-4-2-3-5-14-12/h8,10-12H,1-7H2/t10-,11-,12?/m1/s1. The van der Waals surface area contributed by atoms with Crippen LogP contribution in [-0.2, 0) is 19.0 Å². The van der Waals surface area contributed by atoms with Crippen LogP contribution in [0.4, 0.5) is 0 Å². The molecule has 2 rings (SSSR count). The maximum Gasteiger partial charge on any atom is 0.293 e. The van der Waals surface area contributed by atoms with Crippen LogP contribution in [0.5, 0.6) is 0 Å². The quantitative estimate of drug-likeness (QED) is 0.541. The summed E-state index contributed by atoms with van der Waals surface area (Å²) in [6.07, 6.45) is 4.53. The Bertz CT molecular complexity index is 258. The zero-order valence-corrected chi connectivity index (χ0v) is 9.39. The van der Waals surface area contributed by atoms with Crippen LogP contribution < -0.4 is 0 Å². The van der Waals surface area contributed by atoms with Crippen LogP contribution in [0.15, 0.2) is 12.2 Å². The molecule has 0 N–H and O–H groups in total. The molecule has 1 unspecified atom stereocenters. The molecule has 1 aliphatic carbocycles. The van der Waals surface area contributed by atoms with E-state index in [1.807, 2.05) is 0 Å². The second kappa shape index (κ2) is 5.46. The Balaban J connectivity index is 1.78. The summed E-state index contributed by atoms with van der Waals surface area (Å²) in [7, 11) is 0. The van der Waals surface area contributed by atoms with Gasteiger partial charge in [-0.2, -0.15) is 0 Å². The zero-order chi connectivity index (χ0) is 11.4. The molecule has 0 aromatic carbocycles. The van der Waals surface area contributed by atoms with Crippen LogP contribution in [0.1, 0.15) is 32.1 Å². The monoisotopic (exact) mass is 226 g/mol. The zero-order valence-electron chi connectivity index (χ0n) is 9.39. The van der Waals surface area contributed by atoms with Gasteiger partial charge in [0.2, 0.25) is 0 Å². The third-order valence-corrected chi connectivity index (χ3v) is 3.12. The summed E-state index contributed by atoms with van der Waals surface area (Å²) in [5.41, 5.74) is 0.938. The largest absolute Gasteiger partial charge is 0.460 e. The molecule has 1 aliphatic heterocycles. The number of hydrogen-bond donors (Lipinski definition) is 0. The van der Waals surface area contributed by atoms with Gasteiger partial charge in [0.15, 0.2) is 6.29 Å². The first-order valence-electron chi connectivity index (χ1n) is 5.83. The summed E-state index contributed by atoms with van der Waals surface area (Å²) in [6, 6.07) is 0. The molecule has 2 fully saturated rings. The van der Waals surface area contributed by atoms with Crippen LogP contribution in [0.25, 0.3) is 0 Å². The van der Waals surface area contributed by atoms with Crippen LogP contribution in [0, 0.1) is 0 Å². The molecule has 1 heterocycles. The van der Waals surface area contributed by atoms with Gasteiger partial charge in [-0.15, -0.1) is 0 Å². The summed E-state index contributed by atoms with van der Waals surface area (Å²) < 4.78 is 16.3. The van der Waals surface area contributed by atoms with Gasteiger partial charge in [-0.25, -0.2) is 0 Å². The summed E-state index contributed by atoms with van der Waals surface area (Å²) >= 11 is 0. The van der Waals surface area contributed by atoms with E-state index >= 15 is 0 Å². The highest BCUT2D eigenvalue weighted by Gasteiger charge is 2.32. The van der Waals surface area contributed by atoms with Crippen molar-refractivity contribution in [3.63, 3.8) is 0 Å². The summed E-state index contributed by atoms with van der Waals surface area (Å²) in [6.45, 7) is 5.16. The average molecular weight is 226 g/mol. The topological polar surface area (TPSA) is 44.8 Å². The molecule has 90 valence electrons.